The Kier molecular flexibility index (Phi) is 4.49. The Morgan fingerprint density at radius 1 is 1.23 bits per heavy atom. The standard InChI is InChI=1S/C18H18N6OS/c1-23-14(15-6-5-11-26-15)12-13(22-23)18(25)19-9-4-8-17-21-20-16-7-2-3-10-24(16)17/h2-3,5-7,10-12H,4,8-9H2,1H3,(H,19,25). The van der Waals surface area contributed by atoms with Crippen LogP contribution in [0.3, 0.4) is 0 Å². The molecule has 0 spiro atoms. The highest BCUT2D eigenvalue weighted by molar-refractivity contribution is 7.13. The van der Waals surface area contributed by atoms with E-state index in [1.807, 2.05) is 59.4 Å². The Morgan fingerprint density at radius 3 is 3.00 bits per heavy atom. The molecule has 0 aliphatic rings. The third-order valence-electron chi connectivity index (χ3n) is 4.13. The Morgan fingerprint density at radius 2 is 2.15 bits per heavy atom. The van der Waals surface area contributed by atoms with E-state index in [1.165, 1.54) is 0 Å². The summed E-state index contributed by atoms with van der Waals surface area (Å²) in [5.74, 6) is 0.738. The number of carbonyl (C=O) groups excluding carboxylic acids is 1. The number of pyridine rings is 1. The van der Waals surface area contributed by atoms with Crippen LogP contribution < -0.4 is 5.32 Å². The Hall–Kier alpha value is -3.00. The second-order valence-electron chi connectivity index (χ2n) is 5.92. The summed E-state index contributed by atoms with van der Waals surface area (Å²) in [5, 5.41) is 17.6. The van der Waals surface area contributed by atoms with Crippen LogP contribution in [0.25, 0.3) is 16.2 Å². The summed E-state index contributed by atoms with van der Waals surface area (Å²) < 4.78 is 3.71. The zero-order valence-corrected chi connectivity index (χ0v) is 15.1. The third kappa shape index (κ3) is 3.23. The van der Waals surface area contributed by atoms with Gasteiger partial charge in [0.1, 0.15) is 5.82 Å². The van der Waals surface area contributed by atoms with Crippen molar-refractivity contribution in [2.24, 2.45) is 7.05 Å². The van der Waals surface area contributed by atoms with Gasteiger partial charge in [-0.3, -0.25) is 13.9 Å². The number of amides is 1. The molecule has 1 N–H and O–H groups in total. The molecule has 8 heteroatoms. The minimum Gasteiger partial charge on any atom is -0.351 e. The summed E-state index contributed by atoms with van der Waals surface area (Å²) in [6, 6.07) is 11.6. The molecule has 0 bridgehead atoms. The van der Waals surface area contributed by atoms with E-state index in [0.29, 0.717) is 12.2 Å². The molecule has 0 saturated heterocycles. The van der Waals surface area contributed by atoms with E-state index in [2.05, 4.69) is 20.6 Å². The number of fused-ring (bicyclic) bond motifs is 1. The van der Waals surface area contributed by atoms with E-state index in [9.17, 15) is 4.79 Å². The number of hydrogen-bond donors (Lipinski definition) is 1. The fraction of sp³-hybridized carbons (Fsp3) is 0.222. The van der Waals surface area contributed by atoms with Gasteiger partial charge in [-0.05, 0) is 36.1 Å². The zero-order valence-electron chi connectivity index (χ0n) is 14.3. The largest absolute Gasteiger partial charge is 0.351 e. The quantitative estimate of drug-likeness (QED) is 0.532. The molecule has 7 nitrogen and oxygen atoms in total. The van der Waals surface area contributed by atoms with Crippen LogP contribution in [0.15, 0.2) is 48.0 Å². The molecule has 0 saturated carbocycles. The number of carbonyl (C=O) groups is 1. The first kappa shape index (κ1) is 16.5. The molecule has 0 atom stereocenters. The number of hydrogen-bond acceptors (Lipinski definition) is 5. The molecule has 26 heavy (non-hydrogen) atoms. The molecule has 0 aliphatic heterocycles. The second kappa shape index (κ2) is 7.09. The molecule has 1 amide bonds. The lowest BCUT2D eigenvalue weighted by Crippen LogP contribution is -2.25. The maximum Gasteiger partial charge on any atom is 0.271 e. The maximum atomic E-state index is 12.3. The molecule has 132 valence electrons. The van der Waals surface area contributed by atoms with Gasteiger partial charge in [0.25, 0.3) is 5.91 Å². The Labute approximate surface area is 154 Å². The molecular weight excluding hydrogens is 348 g/mol. The predicted octanol–water partition coefficient (Wildman–Crippen LogP) is 2.55. The zero-order chi connectivity index (χ0) is 17.9. The van der Waals surface area contributed by atoms with E-state index in [1.54, 1.807) is 16.0 Å². The van der Waals surface area contributed by atoms with Crippen molar-refractivity contribution < 1.29 is 4.79 Å². The Balaban J connectivity index is 1.34. The number of thiophene rings is 1. The second-order valence-corrected chi connectivity index (χ2v) is 6.87. The van der Waals surface area contributed by atoms with Gasteiger partial charge >= 0.3 is 0 Å². The smallest absolute Gasteiger partial charge is 0.271 e. The van der Waals surface area contributed by atoms with Gasteiger partial charge in [-0.2, -0.15) is 5.10 Å². The first-order valence-corrected chi connectivity index (χ1v) is 9.25. The van der Waals surface area contributed by atoms with Gasteiger partial charge in [0.2, 0.25) is 0 Å². The molecule has 0 aliphatic carbocycles. The normalized spacial score (nSPS) is 11.1. The van der Waals surface area contributed by atoms with Crippen molar-refractivity contribution in [2.45, 2.75) is 12.8 Å². The van der Waals surface area contributed by atoms with Crippen LogP contribution in [-0.2, 0) is 13.5 Å². The summed E-state index contributed by atoms with van der Waals surface area (Å²) in [6.07, 6.45) is 3.48. The monoisotopic (exact) mass is 366 g/mol. The average molecular weight is 366 g/mol. The van der Waals surface area contributed by atoms with Crippen LogP contribution in [-0.4, -0.2) is 36.8 Å². The SMILES string of the molecule is Cn1nc(C(=O)NCCCc2nnc3ccccn23)cc1-c1cccs1. The number of nitrogens with one attached hydrogen (secondary N) is 1. The van der Waals surface area contributed by atoms with Gasteiger partial charge in [0, 0.05) is 26.2 Å². The van der Waals surface area contributed by atoms with Crippen LogP contribution in [0, 0.1) is 0 Å². The van der Waals surface area contributed by atoms with Gasteiger partial charge in [-0.25, -0.2) is 0 Å². The molecule has 0 radical (unpaired) electrons. The number of rotatable bonds is 6. The summed E-state index contributed by atoms with van der Waals surface area (Å²) >= 11 is 1.63. The van der Waals surface area contributed by atoms with E-state index >= 15 is 0 Å². The first-order valence-electron chi connectivity index (χ1n) is 8.37. The van der Waals surface area contributed by atoms with E-state index in [-0.39, 0.29) is 5.91 Å². The van der Waals surface area contributed by atoms with Gasteiger partial charge < -0.3 is 5.32 Å². The highest BCUT2D eigenvalue weighted by atomic mass is 32.1. The van der Waals surface area contributed by atoms with Crippen LogP contribution >= 0.6 is 11.3 Å². The lowest BCUT2D eigenvalue weighted by molar-refractivity contribution is 0.0947. The maximum absolute atomic E-state index is 12.3. The van der Waals surface area contributed by atoms with E-state index < -0.39 is 0 Å². The molecular formula is C18H18N6OS. The van der Waals surface area contributed by atoms with Crippen molar-refractivity contribution in [2.75, 3.05) is 6.54 Å². The van der Waals surface area contributed by atoms with Crippen LogP contribution in [0.4, 0.5) is 0 Å². The van der Waals surface area contributed by atoms with E-state index in [4.69, 9.17) is 0 Å². The summed E-state index contributed by atoms with van der Waals surface area (Å²) in [6.45, 7) is 0.561. The highest BCUT2D eigenvalue weighted by Crippen LogP contribution is 2.24. The van der Waals surface area contributed by atoms with Gasteiger partial charge in [-0.1, -0.05) is 12.1 Å². The van der Waals surface area contributed by atoms with Crippen molar-refractivity contribution in [1.82, 2.24) is 29.7 Å². The summed E-state index contributed by atoms with van der Waals surface area (Å²) in [5.41, 5.74) is 2.21. The van der Waals surface area contributed by atoms with Crippen molar-refractivity contribution in [3.8, 4) is 10.6 Å². The van der Waals surface area contributed by atoms with Crippen LogP contribution in [0.1, 0.15) is 22.7 Å². The average Bonchev–Trinajstić information content (AvgIpc) is 3.38. The first-order chi connectivity index (χ1) is 12.7. The third-order valence-corrected chi connectivity index (χ3v) is 5.03. The van der Waals surface area contributed by atoms with Crippen molar-refractivity contribution in [3.05, 3.63) is 59.5 Å². The van der Waals surface area contributed by atoms with Crippen molar-refractivity contribution in [3.63, 3.8) is 0 Å². The Bertz CT molecular complexity index is 1030. The van der Waals surface area contributed by atoms with Crippen molar-refractivity contribution >= 4 is 22.9 Å². The van der Waals surface area contributed by atoms with E-state index in [0.717, 1.165) is 34.9 Å². The molecule has 4 aromatic rings. The van der Waals surface area contributed by atoms with Crippen LogP contribution in [0.2, 0.25) is 0 Å². The molecule has 4 heterocycles. The molecule has 4 aromatic heterocycles. The topological polar surface area (TPSA) is 77.1 Å². The minimum absolute atomic E-state index is 0.158. The molecule has 4 rings (SSSR count). The van der Waals surface area contributed by atoms with Gasteiger partial charge in [0.15, 0.2) is 11.3 Å². The van der Waals surface area contributed by atoms with Crippen LogP contribution in [0.5, 0.6) is 0 Å². The van der Waals surface area contributed by atoms with Gasteiger partial charge in [0.05, 0.1) is 10.6 Å². The molecule has 0 aromatic carbocycles. The minimum atomic E-state index is -0.158. The number of nitrogens with zero attached hydrogens (tertiary/aromatic N) is 5. The van der Waals surface area contributed by atoms with Crippen molar-refractivity contribution in [1.29, 1.82) is 0 Å². The summed E-state index contributed by atoms with van der Waals surface area (Å²) in [4.78, 5) is 13.4. The molecule has 0 fully saturated rings. The van der Waals surface area contributed by atoms with Gasteiger partial charge in [-0.15, -0.1) is 21.5 Å². The lowest BCUT2D eigenvalue weighted by Gasteiger charge is -2.02. The number of aromatic nitrogens is 5. The number of aryl methyl sites for hydroxylation is 2. The highest BCUT2D eigenvalue weighted by Gasteiger charge is 2.14. The molecule has 0 unspecified atom stereocenters. The fourth-order valence-electron chi connectivity index (χ4n) is 2.83. The fourth-order valence-corrected chi connectivity index (χ4v) is 3.61. The lowest BCUT2D eigenvalue weighted by atomic mass is 10.2. The predicted molar refractivity (Wildman–Crippen MR) is 100 cm³/mol. The summed E-state index contributed by atoms with van der Waals surface area (Å²) in [7, 11) is 1.85.